The third kappa shape index (κ3) is 4.73. The zero-order valence-corrected chi connectivity index (χ0v) is 19.1. The number of methoxy groups -OCH3 is 1. The van der Waals surface area contributed by atoms with Crippen molar-refractivity contribution in [1.29, 1.82) is 0 Å². The van der Waals surface area contributed by atoms with Gasteiger partial charge in [0, 0.05) is 33.5 Å². The highest BCUT2D eigenvalue weighted by Gasteiger charge is 2.25. The fourth-order valence-corrected chi connectivity index (χ4v) is 4.14. The Labute approximate surface area is 186 Å². The van der Waals surface area contributed by atoms with E-state index in [0.717, 1.165) is 9.87 Å². The molecule has 31 heavy (non-hydrogen) atoms. The molecule has 8 nitrogen and oxygen atoms in total. The number of nitrogens with one attached hydrogen (secondary N) is 1. The van der Waals surface area contributed by atoms with Gasteiger partial charge in [-0.25, -0.2) is 17.7 Å². The summed E-state index contributed by atoms with van der Waals surface area (Å²) < 4.78 is 33.0. The van der Waals surface area contributed by atoms with Crippen LogP contribution in [0, 0.1) is 0 Å². The lowest BCUT2D eigenvalue weighted by Crippen LogP contribution is -2.31. The second-order valence-electron chi connectivity index (χ2n) is 7.01. The van der Waals surface area contributed by atoms with Crippen LogP contribution in [0.5, 0.6) is 5.75 Å². The van der Waals surface area contributed by atoms with Crippen LogP contribution in [-0.4, -0.2) is 49.4 Å². The van der Waals surface area contributed by atoms with Gasteiger partial charge in [-0.3, -0.25) is 4.79 Å². The van der Waals surface area contributed by atoms with E-state index < -0.39 is 22.0 Å². The third-order valence-corrected chi connectivity index (χ3v) is 6.94. The molecule has 0 bridgehead atoms. The van der Waals surface area contributed by atoms with E-state index in [1.54, 1.807) is 36.2 Å². The topological polar surface area (TPSA) is 93.5 Å². The second kappa shape index (κ2) is 9.09. The van der Waals surface area contributed by atoms with Crippen LogP contribution in [0.25, 0.3) is 0 Å². The standard InChI is InChI=1S/C21H23ClN4O4S/c1-25(2)31(28,29)16-9-10-18(22)17(13-16)21(27)24-19(20-23-11-12-26(20)3)14-5-7-15(30-4)8-6-14/h5-13,19H,1-4H3,(H,24,27). The van der Waals surface area contributed by atoms with E-state index >= 15 is 0 Å². The first-order valence-corrected chi connectivity index (χ1v) is 11.1. The summed E-state index contributed by atoms with van der Waals surface area (Å²) in [5.74, 6) is 0.759. The van der Waals surface area contributed by atoms with Crippen molar-refractivity contribution in [3.8, 4) is 5.75 Å². The van der Waals surface area contributed by atoms with Crippen LogP contribution in [0.2, 0.25) is 5.02 Å². The Kier molecular flexibility index (Phi) is 6.68. The highest BCUT2D eigenvalue weighted by Crippen LogP contribution is 2.26. The zero-order valence-electron chi connectivity index (χ0n) is 17.5. The molecule has 164 valence electrons. The second-order valence-corrected chi connectivity index (χ2v) is 9.56. The quantitative estimate of drug-likeness (QED) is 0.582. The van der Waals surface area contributed by atoms with Crippen molar-refractivity contribution in [2.75, 3.05) is 21.2 Å². The maximum atomic E-state index is 13.2. The molecule has 1 amide bonds. The molecule has 0 aliphatic rings. The summed E-state index contributed by atoms with van der Waals surface area (Å²) >= 11 is 6.24. The number of halogens is 1. The Morgan fingerprint density at radius 1 is 1.19 bits per heavy atom. The van der Waals surface area contributed by atoms with Crippen LogP contribution >= 0.6 is 11.6 Å². The Morgan fingerprint density at radius 3 is 2.42 bits per heavy atom. The molecular weight excluding hydrogens is 440 g/mol. The van der Waals surface area contributed by atoms with Crippen LogP contribution in [0.15, 0.2) is 59.8 Å². The lowest BCUT2D eigenvalue weighted by Gasteiger charge is -2.20. The summed E-state index contributed by atoms with van der Waals surface area (Å²) in [6.07, 6.45) is 3.41. The number of hydrogen-bond acceptors (Lipinski definition) is 5. The fraction of sp³-hybridized carbons (Fsp3) is 0.238. The zero-order chi connectivity index (χ0) is 22.8. The molecule has 0 spiro atoms. The molecule has 1 unspecified atom stereocenters. The first-order chi connectivity index (χ1) is 14.6. The number of amides is 1. The molecule has 0 radical (unpaired) electrons. The van der Waals surface area contributed by atoms with Crippen molar-refractivity contribution >= 4 is 27.5 Å². The summed E-state index contributed by atoms with van der Waals surface area (Å²) in [4.78, 5) is 17.5. The first kappa shape index (κ1) is 22.8. The molecule has 10 heteroatoms. The molecule has 1 aromatic heterocycles. The number of carbonyl (C=O) groups is 1. The van der Waals surface area contributed by atoms with Gasteiger partial charge in [-0.2, -0.15) is 0 Å². The van der Waals surface area contributed by atoms with E-state index in [1.807, 2.05) is 19.2 Å². The van der Waals surface area contributed by atoms with Gasteiger partial charge < -0.3 is 14.6 Å². The smallest absolute Gasteiger partial charge is 0.253 e. The SMILES string of the molecule is COc1ccc(C(NC(=O)c2cc(S(=O)(=O)N(C)C)ccc2Cl)c2nccn2C)cc1. The van der Waals surface area contributed by atoms with Gasteiger partial charge in [-0.1, -0.05) is 23.7 Å². The number of aryl methyl sites for hydroxylation is 1. The first-order valence-electron chi connectivity index (χ1n) is 9.29. The molecule has 0 saturated carbocycles. The van der Waals surface area contributed by atoms with Crippen molar-refractivity contribution in [2.45, 2.75) is 10.9 Å². The maximum Gasteiger partial charge on any atom is 0.253 e. The third-order valence-electron chi connectivity index (χ3n) is 4.80. The van der Waals surface area contributed by atoms with Crippen molar-refractivity contribution in [3.63, 3.8) is 0 Å². The predicted octanol–water partition coefficient (Wildman–Crippen LogP) is 2.85. The summed E-state index contributed by atoms with van der Waals surface area (Å²) in [5, 5.41) is 3.07. The van der Waals surface area contributed by atoms with E-state index in [0.29, 0.717) is 11.6 Å². The van der Waals surface area contributed by atoms with Crippen molar-refractivity contribution in [1.82, 2.24) is 19.2 Å². The van der Waals surface area contributed by atoms with Gasteiger partial charge in [0.2, 0.25) is 10.0 Å². The number of benzene rings is 2. The van der Waals surface area contributed by atoms with Gasteiger partial charge in [0.05, 0.1) is 22.6 Å². The number of nitrogens with zero attached hydrogens (tertiary/aromatic N) is 3. The van der Waals surface area contributed by atoms with E-state index in [9.17, 15) is 13.2 Å². The molecule has 0 aliphatic carbocycles. The van der Waals surface area contributed by atoms with Gasteiger partial charge in [0.25, 0.3) is 5.91 Å². The molecule has 1 atom stereocenters. The summed E-state index contributed by atoms with van der Waals surface area (Å²) in [6.45, 7) is 0. The van der Waals surface area contributed by atoms with Crippen LogP contribution in [-0.2, 0) is 17.1 Å². The van der Waals surface area contributed by atoms with Crippen LogP contribution in [0.4, 0.5) is 0 Å². The molecule has 2 aromatic carbocycles. The largest absolute Gasteiger partial charge is 0.497 e. The Balaban J connectivity index is 2.00. The number of carbonyl (C=O) groups excluding carboxylic acids is 1. The van der Waals surface area contributed by atoms with Gasteiger partial charge >= 0.3 is 0 Å². The number of ether oxygens (including phenoxy) is 1. The minimum atomic E-state index is -3.72. The number of aromatic nitrogens is 2. The van der Waals surface area contributed by atoms with Gasteiger partial charge in [0.15, 0.2) is 0 Å². The maximum absolute atomic E-state index is 13.2. The van der Waals surface area contributed by atoms with Crippen LogP contribution in [0.1, 0.15) is 27.8 Å². The molecule has 0 saturated heterocycles. The summed E-state index contributed by atoms with van der Waals surface area (Å²) in [5.41, 5.74) is 0.828. The van der Waals surface area contributed by atoms with E-state index in [4.69, 9.17) is 16.3 Å². The van der Waals surface area contributed by atoms with E-state index in [2.05, 4.69) is 10.3 Å². The molecule has 0 aliphatic heterocycles. The van der Waals surface area contributed by atoms with Crippen molar-refractivity contribution < 1.29 is 17.9 Å². The average Bonchev–Trinajstić information content (AvgIpc) is 3.17. The van der Waals surface area contributed by atoms with Crippen molar-refractivity contribution in [3.05, 3.63) is 76.8 Å². The molecule has 0 fully saturated rings. The number of rotatable bonds is 7. The van der Waals surface area contributed by atoms with Gasteiger partial charge in [0.1, 0.15) is 17.6 Å². The molecule has 3 aromatic rings. The molecular formula is C21H23ClN4O4S. The predicted molar refractivity (Wildman–Crippen MR) is 118 cm³/mol. The fourth-order valence-electron chi connectivity index (χ4n) is 3.01. The lowest BCUT2D eigenvalue weighted by atomic mass is 10.0. The normalized spacial score (nSPS) is 12.6. The minimum absolute atomic E-state index is 0.0231. The number of hydrogen-bond donors (Lipinski definition) is 1. The Bertz CT molecular complexity index is 1190. The summed E-state index contributed by atoms with van der Waals surface area (Å²) in [7, 11) is 2.51. The highest BCUT2D eigenvalue weighted by atomic mass is 35.5. The van der Waals surface area contributed by atoms with Crippen LogP contribution < -0.4 is 10.1 Å². The van der Waals surface area contributed by atoms with E-state index in [-0.39, 0.29) is 15.5 Å². The average molecular weight is 463 g/mol. The van der Waals surface area contributed by atoms with Gasteiger partial charge in [-0.05, 0) is 35.9 Å². The van der Waals surface area contributed by atoms with Crippen LogP contribution in [0.3, 0.4) is 0 Å². The Hall–Kier alpha value is -2.88. The van der Waals surface area contributed by atoms with Crippen molar-refractivity contribution in [2.24, 2.45) is 7.05 Å². The number of sulfonamides is 1. The van der Waals surface area contributed by atoms with E-state index in [1.165, 1.54) is 32.3 Å². The molecule has 1 heterocycles. The minimum Gasteiger partial charge on any atom is -0.497 e. The molecule has 3 rings (SSSR count). The lowest BCUT2D eigenvalue weighted by molar-refractivity contribution is 0.0941. The molecule has 1 N–H and O–H groups in total. The highest BCUT2D eigenvalue weighted by molar-refractivity contribution is 7.89. The summed E-state index contributed by atoms with van der Waals surface area (Å²) in [6, 6.07) is 10.7. The van der Waals surface area contributed by atoms with Gasteiger partial charge in [-0.15, -0.1) is 0 Å². The monoisotopic (exact) mass is 462 g/mol. The Morgan fingerprint density at radius 2 is 1.87 bits per heavy atom. The number of imidazole rings is 1.